The average Bonchev–Trinajstić information content (AvgIpc) is 3.26. The quantitative estimate of drug-likeness (QED) is 0.774. The Hall–Kier alpha value is -3.03. The number of benzene rings is 1. The van der Waals surface area contributed by atoms with Crippen LogP contribution in [0.2, 0.25) is 0 Å². The van der Waals surface area contributed by atoms with Gasteiger partial charge in [-0.2, -0.15) is 0 Å². The third kappa shape index (κ3) is 3.03. The highest BCUT2D eigenvalue weighted by atomic mass is 16.1. The second kappa shape index (κ2) is 6.61. The molecular formula is C16H19N7O. The lowest BCUT2D eigenvalue weighted by Crippen LogP contribution is -2.29. The largest absolute Gasteiger partial charge is 0.342 e. The van der Waals surface area contributed by atoms with Gasteiger partial charge in [-0.1, -0.05) is 12.1 Å². The van der Waals surface area contributed by atoms with E-state index in [1.807, 2.05) is 43.5 Å². The molecule has 1 atom stereocenters. The van der Waals surface area contributed by atoms with Crippen LogP contribution in [0.4, 0.5) is 0 Å². The zero-order chi connectivity index (χ0) is 17.1. The van der Waals surface area contributed by atoms with Gasteiger partial charge in [-0.05, 0) is 32.9 Å². The Labute approximate surface area is 139 Å². The minimum atomic E-state index is -0.267. The molecule has 0 spiro atoms. The summed E-state index contributed by atoms with van der Waals surface area (Å²) in [6, 6.07) is 7.26. The van der Waals surface area contributed by atoms with Crippen LogP contribution >= 0.6 is 0 Å². The van der Waals surface area contributed by atoms with Crippen molar-refractivity contribution in [1.82, 2.24) is 34.8 Å². The Morgan fingerprint density at radius 1 is 1.04 bits per heavy atom. The van der Waals surface area contributed by atoms with Gasteiger partial charge in [0.2, 0.25) is 0 Å². The number of nitrogens with one attached hydrogen (secondary N) is 1. The fraction of sp³-hybridized carbons (Fsp3) is 0.312. The van der Waals surface area contributed by atoms with Crippen LogP contribution in [0.3, 0.4) is 0 Å². The molecule has 2 aromatic heterocycles. The van der Waals surface area contributed by atoms with E-state index in [1.165, 1.54) is 0 Å². The number of carbonyl (C=O) groups excluding carboxylic acids is 1. The molecule has 1 aromatic carbocycles. The van der Waals surface area contributed by atoms with Crippen molar-refractivity contribution in [3.63, 3.8) is 0 Å². The van der Waals surface area contributed by atoms with Crippen LogP contribution in [-0.2, 0) is 0 Å². The Morgan fingerprint density at radius 2 is 1.75 bits per heavy atom. The molecule has 0 bridgehead atoms. The molecule has 8 heteroatoms. The monoisotopic (exact) mass is 325 g/mol. The molecule has 2 heterocycles. The first-order valence-corrected chi connectivity index (χ1v) is 7.72. The summed E-state index contributed by atoms with van der Waals surface area (Å²) in [4.78, 5) is 12.7. The van der Waals surface area contributed by atoms with Crippen LogP contribution in [0.5, 0.6) is 0 Å². The van der Waals surface area contributed by atoms with E-state index in [0.29, 0.717) is 5.56 Å². The third-order valence-electron chi connectivity index (χ3n) is 3.74. The fourth-order valence-electron chi connectivity index (χ4n) is 2.51. The first kappa shape index (κ1) is 15.9. The summed E-state index contributed by atoms with van der Waals surface area (Å²) in [6.07, 6.45) is 4.80. The number of carbonyl (C=O) groups is 1. The minimum Gasteiger partial charge on any atom is -0.342 e. The number of aromatic nitrogens is 6. The van der Waals surface area contributed by atoms with Gasteiger partial charge < -0.3 is 9.88 Å². The van der Waals surface area contributed by atoms with Crippen LogP contribution in [0.1, 0.15) is 49.0 Å². The summed E-state index contributed by atoms with van der Waals surface area (Å²) < 4.78 is 3.65. The van der Waals surface area contributed by atoms with Crippen molar-refractivity contribution in [2.75, 3.05) is 0 Å². The summed E-state index contributed by atoms with van der Waals surface area (Å²) in [7, 11) is 0. The molecule has 3 aromatic rings. The highest BCUT2D eigenvalue weighted by Crippen LogP contribution is 2.17. The number of para-hydroxylation sites is 1. The molecule has 0 aliphatic rings. The van der Waals surface area contributed by atoms with Gasteiger partial charge in [0.15, 0.2) is 5.82 Å². The lowest BCUT2D eigenvalue weighted by atomic mass is 10.1. The van der Waals surface area contributed by atoms with Crippen molar-refractivity contribution in [3.8, 4) is 5.69 Å². The Morgan fingerprint density at radius 3 is 2.46 bits per heavy atom. The molecule has 24 heavy (non-hydrogen) atoms. The third-order valence-corrected chi connectivity index (χ3v) is 3.74. The van der Waals surface area contributed by atoms with E-state index >= 15 is 0 Å². The van der Waals surface area contributed by atoms with Gasteiger partial charge in [-0.25, -0.2) is 0 Å². The van der Waals surface area contributed by atoms with Gasteiger partial charge in [-0.3, -0.25) is 9.36 Å². The SMILES string of the molecule is CC(C)n1cnnc1[C@@H](C)NC(=O)c1ccccc1-n1cnnc1. The fourth-order valence-corrected chi connectivity index (χ4v) is 2.51. The van der Waals surface area contributed by atoms with Crippen LogP contribution in [0.15, 0.2) is 43.2 Å². The first-order valence-electron chi connectivity index (χ1n) is 7.72. The predicted octanol–water partition coefficient (Wildman–Crippen LogP) is 1.93. The highest BCUT2D eigenvalue weighted by molar-refractivity contribution is 5.97. The summed E-state index contributed by atoms with van der Waals surface area (Å²) in [5.41, 5.74) is 1.26. The minimum absolute atomic E-state index is 0.190. The smallest absolute Gasteiger partial charge is 0.253 e. The maximum Gasteiger partial charge on any atom is 0.253 e. The second-order valence-corrected chi connectivity index (χ2v) is 5.77. The average molecular weight is 325 g/mol. The molecule has 0 fully saturated rings. The summed E-state index contributed by atoms with van der Waals surface area (Å²) in [5.74, 6) is 0.533. The lowest BCUT2D eigenvalue weighted by molar-refractivity contribution is 0.0937. The maximum atomic E-state index is 12.7. The van der Waals surface area contributed by atoms with Crippen LogP contribution in [-0.4, -0.2) is 35.4 Å². The van der Waals surface area contributed by atoms with E-state index in [4.69, 9.17) is 0 Å². The Bertz CT molecular complexity index is 823. The summed E-state index contributed by atoms with van der Waals surface area (Å²) >= 11 is 0. The van der Waals surface area contributed by atoms with Crippen molar-refractivity contribution >= 4 is 5.91 Å². The molecule has 1 N–H and O–H groups in total. The zero-order valence-corrected chi connectivity index (χ0v) is 13.8. The number of hydrogen-bond donors (Lipinski definition) is 1. The number of hydrogen-bond acceptors (Lipinski definition) is 5. The molecule has 0 aliphatic heterocycles. The van der Waals surface area contributed by atoms with Gasteiger partial charge >= 0.3 is 0 Å². The standard InChI is InChI=1S/C16H19N7O/c1-11(2)23-10-19-21-15(23)12(3)20-16(24)13-6-4-5-7-14(13)22-8-17-18-9-22/h4-12H,1-3H3,(H,20,24)/t12-/m1/s1. The van der Waals surface area contributed by atoms with E-state index < -0.39 is 0 Å². The van der Waals surface area contributed by atoms with Crippen molar-refractivity contribution in [1.29, 1.82) is 0 Å². The van der Waals surface area contributed by atoms with Gasteiger partial charge in [0.05, 0.1) is 17.3 Å². The molecule has 0 radical (unpaired) electrons. The van der Waals surface area contributed by atoms with Crippen LogP contribution < -0.4 is 5.32 Å². The molecule has 1 amide bonds. The molecule has 124 valence electrons. The second-order valence-electron chi connectivity index (χ2n) is 5.77. The van der Waals surface area contributed by atoms with Gasteiger partial charge in [0.1, 0.15) is 19.0 Å². The number of rotatable bonds is 5. The summed E-state index contributed by atoms with van der Waals surface area (Å²) in [6.45, 7) is 5.98. The highest BCUT2D eigenvalue weighted by Gasteiger charge is 2.19. The van der Waals surface area contributed by atoms with Gasteiger partial charge in [-0.15, -0.1) is 20.4 Å². The first-order chi connectivity index (χ1) is 11.6. The predicted molar refractivity (Wildman–Crippen MR) is 87.6 cm³/mol. The van der Waals surface area contributed by atoms with Crippen molar-refractivity contribution in [2.24, 2.45) is 0 Å². The van der Waals surface area contributed by atoms with Crippen LogP contribution in [0.25, 0.3) is 5.69 Å². The maximum absolute atomic E-state index is 12.7. The summed E-state index contributed by atoms with van der Waals surface area (Å²) in [5, 5.41) is 18.6. The molecule has 8 nitrogen and oxygen atoms in total. The molecular weight excluding hydrogens is 306 g/mol. The van der Waals surface area contributed by atoms with Crippen molar-refractivity contribution < 1.29 is 4.79 Å². The van der Waals surface area contributed by atoms with Gasteiger partial charge in [0.25, 0.3) is 5.91 Å². The molecule has 3 rings (SSSR count). The number of nitrogens with zero attached hydrogens (tertiary/aromatic N) is 6. The zero-order valence-electron chi connectivity index (χ0n) is 13.8. The van der Waals surface area contributed by atoms with E-state index in [0.717, 1.165) is 11.5 Å². The molecule has 0 saturated carbocycles. The van der Waals surface area contributed by atoms with E-state index in [-0.39, 0.29) is 18.0 Å². The molecule has 0 aliphatic carbocycles. The molecule has 0 unspecified atom stereocenters. The Kier molecular flexibility index (Phi) is 4.37. The van der Waals surface area contributed by atoms with E-state index in [2.05, 4.69) is 25.7 Å². The molecule has 0 saturated heterocycles. The van der Waals surface area contributed by atoms with Gasteiger partial charge in [0, 0.05) is 6.04 Å². The van der Waals surface area contributed by atoms with Crippen LogP contribution in [0, 0.1) is 0 Å². The lowest BCUT2D eigenvalue weighted by Gasteiger charge is -2.18. The topological polar surface area (TPSA) is 90.5 Å². The Balaban J connectivity index is 1.84. The van der Waals surface area contributed by atoms with Crippen molar-refractivity contribution in [2.45, 2.75) is 32.9 Å². The van der Waals surface area contributed by atoms with E-state index in [9.17, 15) is 4.79 Å². The van der Waals surface area contributed by atoms with Crippen molar-refractivity contribution in [3.05, 3.63) is 54.6 Å². The van der Waals surface area contributed by atoms with E-state index in [1.54, 1.807) is 29.6 Å². The number of amides is 1. The normalized spacial score (nSPS) is 12.3.